The Balaban J connectivity index is 2.85. The van der Waals surface area contributed by atoms with E-state index in [0.717, 1.165) is 28.2 Å². The second-order valence-electron chi connectivity index (χ2n) is 2.83. The van der Waals surface area contributed by atoms with Crippen LogP contribution < -0.4 is 0 Å². The van der Waals surface area contributed by atoms with E-state index in [9.17, 15) is 0 Å². The summed E-state index contributed by atoms with van der Waals surface area (Å²) >= 11 is 6.83. The SMILES string of the molecule is OCc1c(Br)cccc1CCCBr. The van der Waals surface area contributed by atoms with Gasteiger partial charge in [-0.2, -0.15) is 0 Å². The van der Waals surface area contributed by atoms with Gasteiger partial charge in [-0.1, -0.05) is 44.0 Å². The lowest BCUT2D eigenvalue weighted by molar-refractivity contribution is 0.280. The quantitative estimate of drug-likeness (QED) is 0.847. The predicted octanol–water partition coefficient (Wildman–Crippen LogP) is 3.27. The molecule has 72 valence electrons. The van der Waals surface area contributed by atoms with Crippen molar-refractivity contribution in [3.63, 3.8) is 0 Å². The molecule has 0 amide bonds. The summed E-state index contributed by atoms with van der Waals surface area (Å²) in [4.78, 5) is 0. The molecule has 0 saturated carbocycles. The van der Waals surface area contributed by atoms with Crippen molar-refractivity contribution >= 4 is 31.9 Å². The first-order chi connectivity index (χ1) is 6.29. The zero-order chi connectivity index (χ0) is 9.68. The second-order valence-corrected chi connectivity index (χ2v) is 4.48. The minimum atomic E-state index is 0.110. The number of hydrogen-bond acceptors (Lipinski definition) is 1. The fourth-order valence-corrected chi connectivity index (χ4v) is 2.08. The number of alkyl halides is 1. The van der Waals surface area contributed by atoms with Crippen LogP contribution in [0, 0.1) is 0 Å². The topological polar surface area (TPSA) is 20.2 Å². The Morgan fingerprint density at radius 1 is 1.31 bits per heavy atom. The number of rotatable bonds is 4. The van der Waals surface area contributed by atoms with E-state index in [1.165, 1.54) is 5.56 Å². The van der Waals surface area contributed by atoms with Gasteiger partial charge in [-0.05, 0) is 30.0 Å². The molecule has 0 heterocycles. The molecule has 0 aromatic heterocycles. The first kappa shape index (κ1) is 11.2. The third-order valence-electron chi connectivity index (χ3n) is 1.95. The first-order valence-electron chi connectivity index (χ1n) is 4.22. The van der Waals surface area contributed by atoms with E-state index in [1.54, 1.807) is 0 Å². The zero-order valence-corrected chi connectivity index (χ0v) is 10.4. The van der Waals surface area contributed by atoms with Gasteiger partial charge < -0.3 is 5.11 Å². The van der Waals surface area contributed by atoms with Crippen molar-refractivity contribution in [2.45, 2.75) is 19.4 Å². The molecule has 13 heavy (non-hydrogen) atoms. The van der Waals surface area contributed by atoms with Crippen molar-refractivity contribution in [1.29, 1.82) is 0 Å². The molecule has 1 aromatic rings. The molecule has 0 unspecified atom stereocenters. The number of aliphatic hydroxyl groups excluding tert-OH is 1. The Labute approximate surface area is 95.4 Å². The third-order valence-corrected chi connectivity index (χ3v) is 3.26. The summed E-state index contributed by atoms with van der Waals surface area (Å²) < 4.78 is 1.00. The Bertz CT molecular complexity index is 274. The van der Waals surface area contributed by atoms with Crippen molar-refractivity contribution in [2.75, 3.05) is 5.33 Å². The Kier molecular flexibility index (Phi) is 4.99. The van der Waals surface area contributed by atoms with Crippen LogP contribution in [0.4, 0.5) is 0 Å². The number of halogens is 2. The van der Waals surface area contributed by atoms with Gasteiger partial charge in [0.05, 0.1) is 6.61 Å². The van der Waals surface area contributed by atoms with Gasteiger partial charge in [-0.15, -0.1) is 0 Å². The van der Waals surface area contributed by atoms with Gasteiger partial charge in [0, 0.05) is 9.80 Å². The maximum Gasteiger partial charge on any atom is 0.0695 e. The lowest BCUT2D eigenvalue weighted by Gasteiger charge is -2.08. The summed E-state index contributed by atoms with van der Waals surface area (Å²) in [6, 6.07) is 6.04. The molecule has 0 aliphatic rings. The fourth-order valence-electron chi connectivity index (χ4n) is 1.27. The van der Waals surface area contributed by atoms with Gasteiger partial charge in [0.25, 0.3) is 0 Å². The molecule has 0 aliphatic carbocycles. The normalized spacial score (nSPS) is 10.4. The van der Waals surface area contributed by atoms with E-state index in [0.29, 0.717) is 0 Å². The minimum absolute atomic E-state index is 0.110. The lowest BCUT2D eigenvalue weighted by atomic mass is 10.0. The van der Waals surface area contributed by atoms with E-state index in [-0.39, 0.29) is 6.61 Å². The Hall–Kier alpha value is 0.140. The summed E-state index contributed by atoms with van der Waals surface area (Å²) in [6.07, 6.45) is 2.12. The van der Waals surface area contributed by atoms with Crippen LogP contribution in [-0.4, -0.2) is 10.4 Å². The monoisotopic (exact) mass is 306 g/mol. The summed E-state index contributed by atoms with van der Waals surface area (Å²) in [5.74, 6) is 0. The van der Waals surface area contributed by atoms with Crippen LogP contribution >= 0.6 is 31.9 Å². The maximum atomic E-state index is 9.16. The first-order valence-corrected chi connectivity index (χ1v) is 6.14. The van der Waals surface area contributed by atoms with Crippen molar-refractivity contribution in [3.8, 4) is 0 Å². The smallest absolute Gasteiger partial charge is 0.0695 e. The van der Waals surface area contributed by atoms with Crippen LogP contribution in [0.3, 0.4) is 0 Å². The van der Waals surface area contributed by atoms with Gasteiger partial charge in [-0.25, -0.2) is 0 Å². The maximum absolute atomic E-state index is 9.16. The average Bonchev–Trinajstić information content (AvgIpc) is 2.15. The molecule has 1 aromatic carbocycles. The van der Waals surface area contributed by atoms with Crippen LogP contribution in [0.2, 0.25) is 0 Å². The second kappa shape index (κ2) is 5.78. The molecule has 0 aliphatic heterocycles. The average molecular weight is 308 g/mol. The molecule has 0 fully saturated rings. The predicted molar refractivity (Wildman–Crippen MR) is 62.2 cm³/mol. The van der Waals surface area contributed by atoms with Crippen LogP contribution in [0.15, 0.2) is 22.7 Å². The fraction of sp³-hybridized carbons (Fsp3) is 0.400. The molecule has 0 bridgehead atoms. The van der Waals surface area contributed by atoms with Gasteiger partial charge >= 0.3 is 0 Å². The van der Waals surface area contributed by atoms with E-state index in [1.807, 2.05) is 12.1 Å². The zero-order valence-electron chi connectivity index (χ0n) is 7.26. The number of aliphatic hydroxyl groups is 1. The molecule has 1 N–H and O–H groups in total. The molecular formula is C10H12Br2O. The van der Waals surface area contributed by atoms with E-state index in [2.05, 4.69) is 37.9 Å². The highest BCUT2D eigenvalue weighted by Crippen LogP contribution is 2.21. The number of benzene rings is 1. The van der Waals surface area contributed by atoms with Crippen molar-refractivity contribution in [1.82, 2.24) is 0 Å². The highest BCUT2D eigenvalue weighted by molar-refractivity contribution is 9.10. The summed E-state index contributed by atoms with van der Waals surface area (Å²) in [7, 11) is 0. The van der Waals surface area contributed by atoms with E-state index in [4.69, 9.17) is 5.11 Å². The van der Waals surface area contributed by atoms with Gasteiger partial charge in [-0.3, -0.25) is 0 Å². The molecule has 1 rings (SSSR count). The minimum Gasteiger partial charge on any atom is -0.392 e. The Morgan fingerprint density at radius 2 is 2.08 bits per heavy atom. The standard InChI is InChI=1S/C10H12Br2O/c11-6-2-4-8-3-1-5-10(12)9(8)7-13/h1,3,5,13H,2,4,6-7H2. The van der Waals surface area contributed by atoms with Crippen LogP contribution in [-0.2, 0) is 13.0 Å². The highest BCUT2D eigenvalue weighted by Gasteiger charge is 2.04. The largest absolute Gasteiger partial charge is 0.392 e. The molecule has 0 atom stereocenters. The molecule has 0 spiro atoms. The third kappa shape index (κ3) is 3.08. The molecule has 3 heteroatoms. The van der Waals surface area contributed by atoms with Crippen molar-refractivity contribution in [2.24, 2.45) is 0 Å². The Morgan fingerprint density at radius 3 is 2.69 bits per heavy atom. The highest BCUT2D eigenvalue weighted by atomic mass is 79.9. The molecule has 0 radical (unpaired) electrons. The van der Waals surface area contributed by atoms with E-state index >= 15 is 0 Å². The summed E-state index contributed by atoms with van der Waals surface area (Å²) in [6.45, 7) is 0.110. The van der Waals surface area contributed by atoms with Gasteiger partial charge in [0.1, 0.15) is 0 Å². The van der Waals surface area contributed by atoms with Crippen LogP contribution in [0.25, 0.3) is 0 Å². The van der Waals surface area contributed by atoms with Crippen molar-refractivity contribution in [3.05, 3.63) is 33.8 Å². The summed E-state index contributed by atoms with van der Waals surface area (Å²) in [5, 5.41) is 10.2. The number of hydrogen-bond donors (Lipinski definition) is 1. The lowest BCUT2D eigenvalue weighted by Crippen LogP contribution is -1.95. The van der Waals surface area contributed by atoms with Gasteiger partial charge in [0.2, 0.25) is 0 Å². The van der Waals surface area contributed by atoms with E-state index < -0.39 is 0 Å². The van der Waals surface area contributed by atoms with Crippen LogP contribution in [0.5, 0.6) is 0 Å². The van der Waals surface area contributed by atoms with Gasteiger partial charge in [0.15, 0.2) is 0 Å². The van der Waals surface area contributed by atoms with Crippen molar-refractivity contribution < 1.29 is 5.11 Å². The summed E-state index contributed by atoms with van der Waals surface area (Å²) in [5.41, 5.74) is 2.25. The van der Waals surface area contributed by atoms with Crippen LogP contribution in [0.1, 0.15) is 17.5 Å². The molecular weight excluding hydrogens is 296 g/mol. The number of aryl methyl sites for hydroxylation is 1. The molecule has 1 nitrogen and oxygen atoms in total. The molecule has 0 saturated heterocycles.